The normalized spacial score (nSPS) is 23.7. The van der Waals surface area contributed by atoms with E-state index < -0.39 is 0 Å². The van der Waals surface area contributed by atoms with E-state index in [1.807, 2.05) is 0 Å². The molecule has 0 aromatic carbocycles. The third-order valence-electron chi connectivity index (χ3n) is 3.84. The lowest BCUT2D eigenvalue weighted by atomic mass is 9.88. The highest BCUT2D eigenvalue weighted by Crippen LogP contribution is 2.28. The predicted molar refractivity (Wildman–Crippen MR) is 67.7 cm³/mol. The quantitative estimate of drug-likeness (QED) is 0.691. The summed E-state index contributed by atoms with van der Waals surface area (Å²) in [6.45, 7) is 9.71. The van der Waals surface area contributed by atoms with E-state index in [4.69, 9.17) is 4.74 Å². The van der Waals surface area contributed by atoms with Crippen molar-refractivity contribution in [2.75, 3.05) is 19.7 Å². The average molecular weight is 237 g/mol. The Morgan fingerprint density at radius 3 is 2.47 bits per heavy atom. The van der Waals surface area contributed by atoms with Gasteiger partial charge in [-0.3, -0.25) is 4.90 Å². The summed E-state index contributed by atoms with van der Waals surface area (Å²) in [5.41, 5.74) is 1.47. The molecule has 0 aliphatic carbocycles. The van der Waals surface area contributed by atoms with Crippen LogP contribution in [-0.4, -0.2) is 36.1 Å². The first-order chi connectivity index (χ1) is 7.95. The second kappa shape index (κ2) is 4.81. The molecule has 2 aliphatic rings. The van der Waals surface area contributed by atoms with Crippen molar-refractivity contribution in [1.29, 1.82) is 0 Å². The highest BCUT2D eigenvalue weighted by Gasteiger charge is 2.28. The summed E-state index contributed by atoms with van der Waals surface area (Å²) in [5.74, 6) is 0.571. The average Bonchev–Trinajstić information content (AvgIpc) is 2.63. The van der Waals surface area contributed by atoms with E-state index >= 15 is 0 Å². The summed E-state index contributed by atoms with van der Waals surface area (Å²) >= 11 is 0. The molecule has 0 aromatic heterocycles. The van der Waals surface area contributed by atoms with Gasteiger partial charge in [0.2, 0.25) is 0 Å². The summed E-state index contributed by atoms with van der Waals surface area (Å²) < 4.78 is 4.94. The zero-order chi connectivity index (χ0) is 12.5. The Morgan fingerprint density at radius 1 is 1.35 bits per heavy atom. The molecule has 0 spiro atoms. The Bertz CT molecular complexity index is 320. The van der Waals surface area contributed by atoms with Gasteiger partial charge in [0, 0.05) is 11.6 Å². The molecule has 0 bridgehead atoms. The van der Waals surface area contributed by atoms with Crippen LogP contribution in [0.25, 0.3) is 0 Å². The molecule has 17 heavy (non-hydrogen) atoms. The van der Waals surface area contributed by atoms with Crippen LogP contribution in [0.5, 0.6) is 0 Å². The van der Waals surface area contributed by atoms with Crippen LogP contribution in [0.15, 0.2) is 11.6 Å². The molecule has 0 radical (unpaired) electrons. The second-order valence-electron chi connectivity index (χ2n) is 6.22. The molecule has 2 aliphatic heterocycles. The lowest BCUT2D eigenvalue weighted by Crippen LogP contribution is -2.46. The van der Waals surface area contributed by atoms with Crippen LogP contribution in [0.3, 0.4) is 0 Å². The molecule has 0 saturated carbocycles. The predicted octanol–water partition coefficient (Wildman–Crippen LogP) is 2.37. The third-order valence-corrected chi connectivity index (χ3v) is 3.84. The summed E-state index contributed by atoms with van der Waals surface area (Å²) in [5, 5.41) is 0. The number of cyclic esters (lactones) is 1. The molecule has 1 fully saturated rings. The van der Waals surface area contributed by atoms with Gasteiger partial charge in [-0.1, -0.05) is 0 Å². The Labute approximate surface area is 104 Å². The van der Waals surface area contributed by atoms with Gasteiger partial charge in [0.15, 0.2) is 0 Å². The molecule has 0 unspecified atom stereocenters. The highest BCUT2D eigenvalue weighted by atomic mass is 16.5. The second-order valence-corrected chi connectivity index (χ2v) is 6.22. The summed E-state index contributed by atoms with van der Waals surface area (Å²) in [6, 6.07) is 0. The third kappa shape index (κ3) is 3.32. The van der Waals surface area contributed by atoms with Gasteiger partial charge < -0.3 is 4.74 Å². The van der Waals surface area contributed by atoms with E-state index in [0.29, 0.717) is 6.61 Å². The topological polar surface area (TPSA) is 29.5 Å². The fourth-order valence-electron chi connectivity index (χ4n) is 2.71. The van der Waals surface area contributed by atoms with Crippen molar-refractivity contribution < 1.29 is 9.53 Å². The van der Waals surface area contributed by atoms with Gasteiger partial charge in [-0.2, -0.15) is 0 Å². The van der Waals surface area contributed by atoms with Gasteiger partial charge in [-0.05, 0) is 64.6 Å². The van der Waals surface area contributed by atoms with Crippen molar-refractivity contribution in [1.82, 2.24) is 4.90 Å². The van der Waals surface area contributed by atoms with E-state index in [1.54, 1.807) is 6.08 Å². The monoisotopic (exact) mass is 237 g/mol. The van der Waals surface area contributed by atoms with Crippen molar-refractivity contribution in [3.05, 3.63) is 11.6 Å². The minimum atomic E-state index is -0.160. The number of ether oxygens (including phenoxy) is 1. The molecule has 3 nitrogen and oxygen atoms in total. The molecule has 1 saturated heterocycles. The Morgan fingerprint density at radius 2 is 2.00 bits per heavy atom. The molecule has 96 valence electrons. The number of carbonyl (C=O) groups excluding carboxylic acids is 1. The zero-order valence-corrected chi connectivity index (χ0v) is 11.2. The van der Waals surface area contributed by atoms with Crippen LogP contribution < -0.4 is 0 Å². The Balaban J connectivity index is 1.80. The van der Waals surface area contributed by atoms with E-state index in [-0.39, 0.29) is 11.5 Å². The van der Waals surface area contributed by atoms with E-state index in [1.165, 1.54) is 31.5 Å². The molecular formula is C14H23NO2. The summed E-state index contributed by atoms with van der Waals surface area (Å²) in [7, 11) is 0. The van der Waals surface area contributed by atoms with Gasteiger partial charge in [0.25, 0.3) is 0 Å². The van der Waals surface area contributed by atoms with Gasteiger partial charge in [0.05, 0.1) is 0 Å². The fraction of sp³-hybridized carbons (Fsp3) is 0.786. The summed E-state index contributed by atoms with van der Waals surface area (Å²) in [6.07, 6.45) is 5.20. The van der Waals surface area contributed by atoms with Crippen LogP contribution in [0.4, 0.5) is 0 Å². The standard InChI is InChI=1S/C14H23NO2/c1-14(2,3)15-6-4-11(5-7-15)8-12-9-13(16)17-10-12/h9,11H,4-8,10H2,1-3H3. The molecule has 0 amide bonds. The number of likely N-dealkylation sites (tertiary alicyclic amines) is 1. The molecule has 2 rings (SSSR count). The lowest BCUT2D eigenvalue weighted by molar-refractivity contribution is -0.134. The van der Waals surface area contributed by atoms with Gasteiger partial charge in [-0.15, -0.1) is 0 Å². The van der Waals surface area contributed by atoms with Gasteiger partial charge >= 0.3 is 5.97 Å². The highest BCUT2D eigenvalue weighted by molar-refractivity contribution is 5.85. The molecule has 0 atom stereocenters. The minimum Gasteiger partial charge on any atom is -0.458 e. The van der Waals surface area contributed by atoms with E-state index in [0.717, 1.165) is 12.3 Å². The number of carbonyl (C=O) groups is 1. The van der Waals surface area contributed by atoms with Crippen molar-refractivity contribution in [3.63, 3.8) is 0 Å². The summed E-state index contributed by atoms with van der Waals surface area (Å²) in [4.78, 5) is 13.5. The van der Waals surface area contributed by atoms with Crippen LogP contribution in [0.2, 0.25) is 0 Å². The van der Waals surface area contributed by atoms with Crippen LogP contribution >= 0.6 is 0 Å². The van der Waals surface area contributed by atoms with Crippen LogP contribution in [-0.2, 0) is 9.53 Å². The first-order valence-electron chi connectivity index (χ1n) is 6.56. The van der Waals surface area contributed by atoms with Gasteiger partial charge in [-0.25, -0.2) is 4.79 Å². The largest absolute Gasteiger partial charge is 0.458 e. The molecule has 3 heteroatoms. The number of piperidine rings is 1. The smallest absolute Gasteiger partial charge is 0.331 e. The molecular weight excluding hydrogens is 214 g/mol. The lowest BCUT2D eigenvalue weighted by Gasteiger charge is -2.41. The number of hydrogen-bond donors (Lipinski definition) is 0. The molecule has 0 aromatic rings. The van der Waals surface area contributed by atoms with E-state index in [2.05, 4.69) is 25.7 Å². The van der Waals surface area contributed by atoms with Crippen molar-refractivity contribution in [2.24, 2.45) is 5.92 Å². The van der Waals surface area contributed by atoms with Crippen molar-refractivity contribution in [3.8, 4) is 0 Å². The van der Waals surface area contributed by atoms with Crippen LogP contribution in [0, 0.1) is 5.92 Å². The maximum atomic E-state index is 11.0. The minimum absolute atomic E-state index is 0.160. The molecule has 0 N–H and O–H groups in total. The van der Waals surface area contributed by atoms with E-state index in [9.17, 15) is 4.79 Å². The van der Waals surface area contributed by atoms with Crippen molar-refractivity contribution >= 4 is 5.97 Å². The molecule has 2 heterocycles. The number of nitrogens with zero attached hydrogens (tertiary/aromatic N) is 1. The number of hydrogen-bond acceptors (Lipinski definition) is 3. The van der Waals surface area contributed by atoms with Crippen molar-refractivity contribution in [2.45, 2.75) is 45.6 Å². The maximum absolute atomic E-state index is 11.0. The SMILES string of the molecule is CC(C)(C)N1CCC(CC2=CC(=O)OC2)CC1. The fourth-order valence-corrected chi connectivity index (χ4v) is 2.71. The maximum Gasteiger partial charge on any atom is 0.331 e. The van der Waals surface area contributed by atoms with Crippen LogP contribution in [0.1, 0.15) is 40.0 Å². The first kappa shape index (κ1) is 12.6. The first-order valence-corrected chi connectivity index (χ1v) is 6.56. The number of rotatable bonds is 2. The Hall–Kier alpha value is -0.830. The number of esters is 1. The van der Waals surface area contributed by atoms with Gasteiger partial charge in [0.1, 0.15) is 6.61 Å². The zero-order valence-electron chi connectivity index (χ0n) is 11.2. The Kier molecular flexibility index (Phi) is 3.57.